The van der Waals surface area contributed by atoms with Crippen molar-refractivity contribution in [3.63, 3.8) is 0 Å². The molecule has 1 aromatic carbocycles. The highest BCUT2D eigenvalue weighted by Gasteiger charge is 2.32. The van der Waals surface area contributed by atoms with Crippen LogP contribution in [0.5, 0.6) is 0 Å². The molecular formula is C16H24N2O3. The van der Waals surface area contributed by atoms with Gasteiger partial charge in [0.2, 0.25) is 5.91 Å². The van der Waals surface area contributed by atoms with Crippen molar-refractivity contribution in [3.8, 4) is 0 Å². The molecule has 21 heavy (non-hydrogen) atoms. The predicted octanol–water partition coefficient (Wildman–Crippen LogP) is 1.56. The van der Waals surface area contributed by atoms with Crippen molar-refractivity contribution < 1.29 is 14.7 Å². The second-order valence-corrected chi connectivity index (χ2v) is 5.51. The predicted molar refractivity (Wildman–Crippen MR) is 81.8 cm³/mol. The lowest BCUT2D eigenvalue weighted by Crippen LogP contribution is -2.50. The van der Waals surface area contributed by atoms with E-state index in [-0.39, 0.29) is 12.5 Å². The molecule has 0 aliphatic carbocycles. The fourth-order valence-corrected chi connectivity index (χ4v) is 1.94. The lowest BCUT2D eigenvalue weighted by molar-refractivity contribution is -0.143. The van der Waals surface area contributed by atoms with E-state index in [0.717, 1.165) is 5.56 Å². The van der Waals surface area contributed by atoms with E-state index in [1.165, 1.54) is 0 Å². The maximum absolute atomic E-state index is 12.2. The Bertz CT molecular complexity index is 470. The molecule has 0 spiro atoms. The van der Waals surface area contributed by atoms with Crippen LogP contribution in [0.2, 0.25) is 0 Å². The summed E-state index contributed by atoms with van der Waals surface area (Å²) in [6.07, 6.45) is 1.53. The van der Waals surface area contributed by atoms with Gasteiger partial charge in [-0.05, 0) is 31.7 Å². The zero-order valence-corrected chi connectivity index (χ0v) is 12.6. The summed E-state index contributed by atoms with van der Waals surface area (Å²) in [5.74, 6) is -1.32. The molecular weight excluding hydrogens is 268 g/mol. The van der Waals surface area contributed by atoms with Crippen molar-refractivity contribution in [3.05, 3.63) is 35.9 Å². The van der Waals surface area contributed by atoms with Crippen LogP contribution < -0.4 is 11.1 Å². The van der Waals surface area contributed by atoms with Gasteiger partial charge in [0, 0.05) is 6.54 Å². The van der Waals surface area contributed by atoms with E-state index >= 15 is 0 Å². The number of nitrogens with one attached hydrogen (secondary N) is 1. The summed E-state index contributed by atoms with van der Waals surface area (Å²) in [6.45, 7) is 3.81. The first-order chi connectivity index (χ1) is 9.92. The van der Waals surface area contributed by atoms with Crippen LogP contribution in [0.3, 0.4) is 0 Å². The molecule has 0 fully saturated rings. The van der Waals surface area contributed by atoms with Crippen molar-refractivity contribution in [2.45, 2.75) is 39.2 Å². The van der Waals surface area contributed by atoms with Gasteiger partial charge >= 0.3 is 5.97 Å². The molecule has 0 aromatic heterocycles. The van der Waals surface area contributed by atoms with Crippen molar-refractivity contribution in [2.24, 2.45) is 11.1 Å². The molecule has 0 heterocycles. The lowest BCUT2D eigenvalue weighted by atomic mass is 9.86. The minimum Gasteiger partial charge on any atom is -0.480 e. The maximum atomic E-state index is 12.2. The van der Waals surface area contributed by atoms with Gasteiger partial charge in [0.1, 0.15) is 6.04 Å². The molecule has 0 saturated carbocycles. The quantitative estimate of drug-likeness (QED) is 0.678. The average molecular weight is 292 g/mol. The Labute approximate surface area is 125 Å². The SMILES string of the molecule is CCC(C)(CN)C(=O)NC(CCc1ccccc1)C(=O)O. The van der Waals surface area contributed by atoms with Crippen LogP contribution in [0.25, 0.3) is 0 Å². The molecule has 1 aromatic rings. The molecule has 0 radical (unpaired) electrons. The molecule has 0 saturated heterocycles. The first-order valence-electron chi connectivity index (χ1n) is 7.20. The molecule has 0 aliphatic heterocycles. The van der Waals surface area contributed by atoms with Gasteiger partial charge in [-0.1, -0.05) is 37.3 Å². The van der Waals surface area contributed by atoms with E-state index in [4.69, 9.17) is 5.73 Å². The monoisotopic (exact) mass is 292 g/mol. The van der Waals surface area contributed by atoms with E-state index < -0.39 is 17.4 Å². The van der Waals surface area contributed by atoms with Crippen LogP contribution >= 0.6 is 0 Å². The molecule has 5 heteroatoms. The molecule has 2 unspecified atom stereocenters. The summed E-state index contributed by atoms with van der Waals surface area (Å²) in [4.78, 5) is 23.5. The van der Waals surface area contributed by atoms with Crippen LogP contribution in [0.1, 0.15) is 32.3 Å². The van der Waals surface area contributed by atoms with E-state index in [0.29, 0.717) is 19.3 Å². The van der Waals surface area contributed by atoms with E-state index in [9.17, 15) is 14.7 Å². The minimum absolute atomic E-state index is 0.195. The first kappa shape index (κ1) is 17.2. The van der Waals surface area contributed by atoms with Gasteiger partial charge in [0.05, 0.1) is 5.41 Å². The normalized spacial score (nSPS) is 15.0. The number of carboxylic acids is 1. The van der Waals surface area contributed by atoms with Gasteiger partial charge in [-0.3, -0.25) is 4.79 Å². The Morgan fingerprint density at radius 2 is 1.95 bits per heavy atom. The Morgan fingerprint density at radius 3 is 2.43 bits per heavy atom. The first-order valence-corrected chi connectivity index (χ1v) is 7.20. The minimum atomic E-state index is -1.02. The fraction of sp³-hybridized carbons (Fsp3) is 0.500. The summed E-state index contributed by atoms with van der Waals surface area (Å²) >= 11 is 0. The van der Waals surface area contributed by atoms with E-state index in [1.54, 1.807) is 6.92 Å². The van der Waals surface area contributed by atoms with Crippen LogP contribution in [-0.4, -0.2) is 29.6 Å². The highest BCUT2D eigenvalue weighted by molar-refractivity contribution is 5.87. The molecule has 1 rings (SSSR count). The number of carbonyl (C=O) groups is 2. The van der Waals surface area contributed by atoms with Gasteiger partial charge in [-0.25, -0.2) is 4.79 Å². The number of aliphatic carboxylic acids is 1. The number of hydrogen-bond donors (Lipinski definition) is 3. The van der Waals surface area contributed by atoms with Gasteiger partial charge < -0.3 is 16.2 Å². The second-order valence-electron chi connectivity index (χ2n) is 5.51. The molecule has 116 valence electrons. The Morgan fingerprint density at radius 1 is 1.33 bits per heavy atom. The molecule has 1 amide bonds. The van der Waals surface area contributed by atoms with Crippen molar-refractivity contribution >= 4 is 11.9 Å². The van der Waals surface area contributed by atoms with Crippen LogP contribution in [0, 0.1) is 5.41 Å². The van der Waals surface area contributed by atoms with Gasteiger partial charge in [0.25, 0.3) is 0 Å². The number of hydrogen-bond acceptors (Lipinski definition) is 3. The number of benzene rings is 1. The largest absolute Gasteiger partial charge is 0.480 e. The van der Waals surface area contributed by atoms with Gasteiger partial charge in [-0.2, -0.15) is 0 Å². The lowest BCUT2D eigenvalue weighted by Gasteiger charge is -2.27. The third-order valence-electron chi connectivity index (χ3n) is 3.95. The van der Waals surface area contributed by atoms with Crippen molar-refractivity contribution in [2.75, 3.05) is 6.54 Å². The summed E-state index contributed by atoms with van der Waals surface area (Å²) in [6, 6.07) is 8.72. The third kappa shape index (κ3) is 4.86. The van der Waals surface area contributed by atoms with E-state index in [2.05, 4.69) is 5.32 Å². The number of carboxylic acid groups (broad SMARTS) is 1. The fourth-order valence-electron chi connectivity index (χ4n) is 1.94. The Balaban J connectivity index is 2.66. The maximum Gasteiger partial charge on any atom is 0.326 e. The number of amides is 1. The topological polar surface area (TPSA) is 92.4 Å². The Hall–Kier alpha value is -1.88. The number of aryl methyl sites for hydroxylation is 1. The number of rotatable bonds is 8. The summed E-state index contributed by atoms with van der Waals surface area (Å²) in [5.41, 5.74) is 5.96. The highest BCUT2D eigenvalue weighted by atomic mass is 16.4. The van der Waals surface area contributed by atoms with Gasteiger partial charge in [-0.15, -0.1) is 0 Å². The van der Waals surface area contributed by atoms with Crippen LogP contribution in [0.4, 0.5) is 0 Å². The Kier molecular flexibility index (Phi) is 6.37. The smallest absolute Gasteiger partial charge is 0.326 e. The molecule has 0 bridgehead atoms. The third-order valence-corrected chi connectivity index (χ3v) is 3.95. The molecule has 2 atom stereocenters. The van der Waals surface area contributed by atoms with Crippen molar-refractivity contribution in [1.29, 1.82) is 0 Å². The highest BCUT2D eigenvalue weighted by Crippen LogP contribution is 2.19. The summed E-state index contributed by atoms with van der Waals surface area (Å²) in [7, 11) is 0. The average Bonchev–Trinajstić information content (AvgIpc) is 2.50. The van der Waals surface area contributed by atoms with Gasteiger partial charge in [0.15, 0.2) is 0 Å². The zero-order chi connectivity index (χ0) is 15.9. The molecule has 0 aliphatic rings. The standard InChI is InChI=1S/C16H24N2O3/c1-3-16(2,11-17)15(21)18-13(14(19)20)10-9-12-7-5-4-6-8-12/h4-8,13H,3,9-11,17H2,1-2H3,(H,18,21)(H,19,20). The van der Waals surface area contributed by atoms with Crippen LogP contribution in [0.15, 0.2) is 30.3 Å². The zero-order valence-electron chi connectivity index (χ0n) is 12.6. The molecule has 5 nitrogen and oxygen atoms in total. The number of nitrogens with two attached hydrogens (primary N) is 1. The summed E-state index contributed by atoms with van der Waals surface area (Å²) in [5, 5.41) is 11.9. The van der Waals surface area contributed by atoms with Crippen molar-refractivity contribution in [1.82, 2.24) is 5.32 Å². The van der Waals surface area contributed by atoms with Crippen LogP contribution in [-0.2, 0) is 16.0 Å². The molecule has 4 N–H and O–H groups in total. The number of carbonyl (C=O) groups excluding carboxylic acids is 1. The summed E-state index contributed by atoms with van der Waals surface area (Å²) < 4.78 is 0. The van der Waals surface area contributed by atoms with E-state index in [1.807, 2.05) is 37.3 Å². The second kappa shape index (κ2) is 7.78.